The first kappa shape index (κ1) is 9.98. The van der Waals surface area contributed by atoms with Gasteiger partial charge in [-0.2, -0.15) is 0 Å². The Labute approximate surface area is 68.5 Å². The number of hydrogen-bond acceptors (Lipinski definition) is 2. The highest BCUT2D eigenvalue weighted by Gasteiger charge is 1.85. The molecular weight excluding hydrogens is 136 g/mol. The van der Waals surface area contributed by atoms with Crippen molar-refractivity contribution in [1.29, 1.82) is 0 Å². The molecule has 2 nitrogen and oxygen atoms in total. The van der Waals surface area contributed by atoms with E-state index in [1.165, 1.54) is 0 Å². The van der Waals surface area contributed by atoms with E-state index in [9.17, 15) is 0 Å². The van der Waals surface area contributed by atoms with Crippen molar-refractivity contribution in [3.05, 3.63) is 36.6 Å². The van der Waals surface area contributed by atoms with Gasteiger partial charge in [-0.25, -0.2) is 0 Å². The van der Waals surface area contributed by atoms with Crippen molar-refractivity contribution in [2.75, 3.05) is 13.1 Å². The highest BCUT2D eigenvalue weighted by molar-refractivity contribution is 5.20. The third-order valence-corrected chi connectivity index (χ3v) is 1.12. The number of nitrogens with one attached hydrogen (secondary N) is 1. The van der Waals surface area contributed by atoms with Gasteiger partial charge in [0.05, 0.1) is 0 Å². The Balaban J connectivity index is 3.89. The minimum absolute atomic E-state index is 0.645. The molecule has 0 aliphatic carbocycles. The molecule has 0 aliphatic rings. The number of allylic oxidation sites excluding steroid dienone is 4. The summed E-state index contributed by atoms with van der Waals surface area (Å²) < 4.78 is 0. The van der Waals surface area contributed by atoms with Gasteiger partial charge in [0.25, 0.3) is 0 Å². The van der Waals surface area contributed by atoms with Crippen LogP contribution in [0.4, 0.5) is 0 Å². The molecule has 0 saturated heterocycles. The van der Waals surface area contributed by atoms with Crippen molar-refractivity contribution in [3.63, 3.8) is 0 Å². The van der Waals surface area contributed by atoms with Gasteiger partial charge in [0.2, 0.25) is 0 Å². The number of rotatable bonds is 5. The Bertz CT molecular complexity index is 157. The van der Waals surface area contributed by atoms with E-state index in [1.54, 1.807) is 6.08 Å². The summed E-state index contributed by atoms with van der Waals surface area (Å²) in [5, 5.41) is 3.15. The zero-order chi connectivity index (χ0) is 8.53. The largest absolute Gasteiger partial charge is 0.384 e. The molecule has 0 heterocycles. The molecule has 0 spiro atoms. The molecule has 11 heavy (non-hydrogen) atoms. The maximum Gasteiger partial charge on any atom is 0.0337 e. The van der Waals surface area contributed by atoms with Crippen molar-refractivity contribution >= 4 is 0 Å². The normalized spacial score (nSPS) is 12.0. The van der Waals surface area contributed by atoms with Gasteiger partial charge in [-0.3, -0.25) is 0 Å². The molecule has 0 aromatic rings. The van der Waals surface area contributed by atoms with Crippen molar-refractivity contribution in [1.82, 2.24) is 5.32 Å². The third kappa shape index (κ3) is 5.43. The van der Waals surface area contributed by atoms with Crippen LogP contribution in [0.3, 0.4) is 0 Å². The molecule has 2 heteroatoms. The van der Waals surface area contributed by atoms with Crippen molar-refractivity contribution in [2.24, 2.45) is 5.73 Å². The van der Waals surface area contributed by atoms with Gasteiger partial charge in [-0.15, -0.1) is 0 Å². The molecular formula is C9H16N2. The second-order valence-corrected chi connectivity index (χ2v) is 2.07. The second kappa shape index (κ2) is 7.09. The first-order chi connectivity index (χ1) is 5.35. The van der Waals surface area contributed by atoms with Crippen LogP contribution in [0, 0.1) is 0 Å². The molecule has 0 aliphatic heterocycles. The fraction of sp³-hybridized carbons (Fsp3) is 0.333. The first-order valence-electron chi connectivity index (χ1n) is 3.74. The predicted molar refractivity (Wildman–Crippen MR) is 50.2 cm³/mol. The molecule has 0 rings (SSSR count). The van der Waals surface area contributed by atoms with Crippen LogP contribution in [-0.2, 0) is 0 Å². The van der Waals surface area contributed by atoms with Crippen molar-refractivity contribution < 1.29 is 0 Å². The highest BCUT2D eigenvalue weighted by Crippen LogP contribution is 1.90. The summed E-state index contributed by atoms with van der Waals surface area (Å²) in [6.07, 6.45) is 7.62. The molecule has 0 aromatic heterocycles. The van der Waals surface area contributed by atoms with E-state index in [0.717, 1.165) is 12.2 Å². The minimum atomic E-state index is 0.645. The fourth-order valence-corrected chi connectivity index (χ4v) is 0.696. The zero-order valence-electron chi connectivity index (χ0n) is 7.01. The lowest BCUT2D eigenvalue weighted by atomic mass is 10.3. The Hall–Kier alpha value is -1.02. The van der Waals surface area contributed by atoms with E-state index < -0.39 is 0 Å². The summed E-state index contributed by atoms with van der Waals surface area (Å²) in [5.41, 5.74) is 6.38. The van der Waals surface area contributed by atoms with Gasteiger partial charge in [0.15, 0.2) is 0 Å². The molecule has 62 valence electrons. The predicted octanol–water partition coefficient (Wildman–Crippen LogP) is 1.18. The van der Waals surface area contributed by atoms with Crippen LogP contribution in [0.2, 0.25) is 0 Å². The zero-order valence-corrected chi connectivity index (χ0v) is 7.01. The SMILES string of the molecule is C=C/C=C(\C=C/C)NCCN. The van der Waals surface area contributed by atoms with E-state index in [2.05, 4.69) is 11.9 Å². The number of nitrogens with two attached hydrogens (primary N) is 1. The third-order valence-electron chi connectivity index (χ3n) is 1.12. The highest BCUT2D eigenvalue weighted by atomic mass is 14.9. The van der Waals surface area contributed by atoms with Crippen LogP contribution in [0.1, 0.15) is 6.92 Å². The first-order valence-corrected chi connectivity index (χ1v) is 3.74. The molecule has 0 bridgehead atoms. The van der Waals surface area contributed by atoms with Gasteiger partial charge in [-0.1, -0.05) is 18.7 Å². The summed E-state index contributed by atoms with van der Waals surface area (Å²) in [5.74, 6) is 0. The van der Waals surface area contributed by atoms with Gasteiger partial charge in [-0.05, 0) is 19.1 Å². The second-order valence-electron chi connectivity index (χ2n) is 2.07. The average Bonchev–Trinajstić information content (AvgIpc) is 2.01. The van der Waals surface area contributed by atoms with Crippen LogP contribution >= 0.6 is 0 Å². The van der Waals surface area contributed by atoms with E-state index in [0.29, 0.717) is 6.54 Å². The Morgan fingerprint density at radius 3 is 2.82 bits per heavy atom. The smallest absolute Gasteiger partial charge is 0.0337 e. The Morgan fingerprint density at radius 2 is 2.36 bits per heavy atom. The monoisotopic (exact) mass is 152 g/mol. The van der Waals surface area contributed by atoms with Crippen LogP contribution in [0.15, 0.2) is 36.6 Å². The summed E-state index contributed by atoms with van der Waals surface area (Å²) in [4.78, 5) is 0. The van der Waals surface area contributed by atoms with Gasteiger partial charge in [0, 0.05) is 18.8 Å². The Kier molecular flexibility index (Phi) is 6.43. The molecule has 0 radical (unpaired) electrons. The molecule has 0 aromatic carbocycles. The summed E-state index contributed by atoms with van der Waals surface area (Å²) in [6.45, 7) is 7.02. The van der Waals surface area contributed by atoms with Gasteiger partial charge >= 0.3 is 0 Å². The van der Waals surface area contributed by atoms with Crippen LogP contribution in [0.5, 0.6) is 0 Å². The standard InChI is InChI=1S/C9H16N2/c1-3-5-9(6-4-2)11-8-7-10/h3-6,11H,1,7-8,10H2,2H3/b6-4-,9-5+. The maximum atomic E-state index is 5.33. The van der Waals surface area contributed by atoms with Crippen molar-refractivity contribution in [3.8, 4) is 0 Å². The van der Waals surface area contributed by atoms with Gasteiger partial charge in [0.1, 0.15) is 0 Å². The van der Waals surface area contributed by atoms with Crippen LogP contribution in [0.25, 0.3) is 0 Å². The lowest BCUT2D eigenvalue weighted by Gasteiger charge is -2.03. The van der Waals surface area contributed by atoms with Crippen LogP contribution in [-0.4, -0.2) is 13.1 Å². The lowest BCUT2D eigenvalue weighted by molar-refractivity contribution is 0.814. The molecule has 0 saturated carbocycles. The lowest BCUT2D eigenvalue weighted by Crippen LogP contribution is -2.20. The van der Waals surface area contributed by atoms with E-state index in [1.807, 2.05) is 25.2 Å². The molecule has 0 amide bonds. The van der Waals surface area contributed by atoms with E-state index >= 15 is 0 Å². The summed E-state index contributed by atoms with van der Waals surface area (Å²) >= 11 is 0. The summed E-state index contributed by atoms with van der Waals surface area (Å²) in [7, 11) is 0. The number of hydrogen-bond donors (Lipinski definition) is 2. The van der Waals surface area contributed by atoms with Gasteiger partial charge < -0.3 is 11.1 Å². The molecule has 3 N–H and O–H groups in total. The molecule has 0 atom stereocenters. The molecule has 0 fully saturated rings. The van der Waals surface area contributed by atoms with E-state index in [-0.39, 0.29) is 0 Å². The maximum absolute atomic E-state index is 5.33. The average molecular weight is 152 g/mol. The topological polar surface area (TPSA) is 38.0 Å². The van der Waals surface area contributed by atoms with E-state index in [4.69, 9.17) is 5.73 Å². The van der Waals surface area contributed by atoms with Crippen molar-refractivity contribution in [2.45, 2.75) is 6.92 Å². The molecule has 0 unspecified atom stereocenters. The quantitative estimate of drug-likeness (QED) is 0.580. The summed E-state index contributed by atoms with van der Waals surface area (Å²) in [6, 6.07) is 0. The van der Waals surface area contributed by atoms with Crippen LogP contribution < -0.4 is 11.1 Å². The fourth-order valence-electron chi connectivity index (χ4n) is 0.696. The minimum Gasteiger partial charge on any atom is -0.384 e. The Morgan fingerprint density at radius 1 is 1.64 bits per heavy atom.